The van der Waals surface area contributed by atoms with E-state index in [0.29, 0.717) is 0 Å². The van der Waals surface area contributed by atoms with Gasteiger partial charge >= 0.3 is 5.69 Å². The first-order valence-electron chi connectivity index (χ1n) is 5.98. The van der Waals surface area contributed by atoms with Gasteiger partial charge in [-0.3, -0.25) is 20.2 Å². The zero-order chi connectivity index (χ0) is 17.1. The number of nitro groups is 2. The molecular formula is C12H7N7O4. The standard InChI is InChI=1S/C12H7N7O4/c13-4-3-9-8(6-14)12(15)17(16-9)10-2-1-7(18(20)21)5-11(10)19(22)23/h1-2,5H,3,15H2. The van der Waals surface area contributed by atoms with Crippen LogP contribution in [0.5, 0.6) is 0 Å². The number of non-ortho nitro benzene ring substituents is 1. The molecule has 1 aromatic heterocycles. The molecule has 0 bridgehead atoms. The van der Waals surface area contributed by atoms with Crippen molar-refractivity contribution < 1.29 is 9.85 Å². The summed E-state index contributed by atoms with van der Waals surface area (Å²) in [6.45, 7) is 0. The predicted molar refractivity (Wildman–Crippen MR) is 75.3 cm³/mol. The van der Waals surface area contributed by atoms with Crippen molar-refractivity contribution in [2.24, 2.45) is 0 Å². The van der Waals surface area contributed by atoms with Gasteiger partial charge in [0.2, 0.25) is 0 Å². The molecular weight excluding hydrogens is 306 g/mol. The molecule has 0 aliphatic heterocycles. The Balaban J connectivity index is 2.73. The highest BCUT2D eigenvalue weighted by atomic mass is 16.6. The van der Waals surface area contributed by atoms with Crippen molar-refractivity contribution in [1.29, 1.82) is 10.5 Å². The highest BCUT2D eigenvalue weighted by Crippen LogP contribution is 2.30. The molecule has 0 unspecified atom stereocenters. The monoisotopic (exact) mass is 313 g/mol. The Kier molecular flexibility index (Phi) is 3.87. The summed E-state index contributed by atoms with van der Waals surface area (Å²) >= 11 is 0. The van der Waals surface area contributed by atoms with Crippen LogP contribution in [0.1, 0.15) is 11.3 Å². The lowest BCUT2D eigenvalue weighted by Crippen LogP contribution is -2.06. The quantitative estimate of drug-likeness (QED) is 0.645. The van der Waals surface area contributed by atoms with Gasteiger partial charge in [0.25, 0.3) is 5.69 Å². The molecule has 114 valence electrons. The van der Waals surface area contributed by atoms with E-state index in [1.165, 1.54) is 0 Å². The minimum Gasteiger partial charge on any atom is -0.382 e. The molecule has 0 amide bonds. The molecule has 11 heteroatoms. The lowest BCUT2D eigenvalue weighted by molar-refractivity contribution is -0.394. The van der Waals surface area contributed by atoms with E-state index in [1.807, 2.05) is 0 Å². The molecule has 2 N–H and O–H groups in total. The second-order valence-corrected chi connectivity index (χ2v) is 4.25. The lowest BCUT2D eigenvalue weighted by atomic mass is 10.2. The van der Waals surface area contributed by atoms with Crippen molar-refractivity contribution in [3.05, 3.63) is 49.7 Å². The molecule has 0 spiro atoms. The largest absolute Gasteiger partial charge is 0.382 e. The first kappa shape index (κ1) is 15.4. The smallest absolute Gasteiger partial charge is 0.301 e. The Labute approximate surface area is 128 Å². The van der Waals surface area contributed by atoms with Crippen molar-refractivity contribution in [3.63, 3.8) is 0 Å². The van der Waals surface area contributed by atoms with Crippen LogP contribution in [0, 0.1) is 42.9 Å². The van der Waals surface area contributed by atoms with E-state index in [9.17, 15) is 20.2 Å². The minimum atomic E-state index is -0.820. The molecule has 0 saturated heterocycles. The normalized spacial score (nSPS) is 9.83. The minimum absolute atomic E-state index is 0.0696. The number of nitro benzene ring substituents is 2. The third-order valence-electron chi connectivity index (χ3n) is 2.95. The number of anilines is 1. The summed E-state index contributed by atoms with van der Waals surface area (Å²) < 4.78 is 0.924. The van der Waals surface area contributed by atoms with Gasteiger partial charge in [-0.25, -0.2) is 4.68 Å². The van der Waals surface area contributed by atoms with Gasteiger partial charge in [0.1, 0.15) is 23.1 Å². The first-order valence-corrected chi connectivity index (χ1v) is 5.98. The predicted octanol–water partition coefficient (Wildman–Crippen LogP) is 1.21. The molecule has 0 atom stereocenters. The Bertz CT molecular complexity index is 903. The van der Waals surface area contributed by atoms with Crippen molar-refractivity contribution in [3.8, 4) is 17.8 Å². The van der Waals surface area contributed by atoms with Crippen LogP contribution in [0.3, 0.4) is 0 Å². The summed E-state index contributed by atoms with van der Waals surface area (Å²) in [7, 11) is 0. The molecule has 23 heavy (non-hydrogen) atoms. The zero-order valence-corrected chi connectivity index (χ0v) is 11.3. The van der Waals surface area contributed by atoms with Crippen LogP contribution in [0.15, 0.2) is 18.2 Å². The molecule has 0 aliphatic rings. The number of nitriles is 2. The number of rotatable bonds is 4. The van der Waals surface area contributed by atoms with Gasteiger partial charge in [0.15, 0.2) is 0 Å². The number of aromatic nitrogens is 2. The summed E-state index contributed by atoms with van der Waals surface area (Å²) in [5.74, 6) is -0.185. The number of nitrogen functional groups attached to an aromatic ring is 1. The van der Waals surface area contributed by atoms with Crippen molar-refractivity contribution in [2.75, 3.05) is 5.73 Å². The van der Waals surface area contributed by atoms with E-state index in [-0.39, 0.29) is 29.2 Å². The SMILES string of the molecule is N#CCc1nn(-c2ccc([N+](=O)[O-])cc2[N+](=O)[O-])c(N)c1C#N. The van der Waals surface area contributed by atoms with Gasteiger partial charge in [-0.2, -0.15) is 15.6 Å². The molecule has 0 aliphatic carbocycles. The maximum Gasteiger partial charge on any atom is 0.301 e. The molecule has 1 heterocycles. The summed E-state index contributed by atoms with van der Waals surface area (Å²) in [5, 5.41) is 43.6. The molecule has 0 radical (unpaired) electrons. The van der Waals surface area contributed by atoms with Gasteiger partial charge in [-0.1, -0.05) is 0 Å². The van der Waals surface area contributed by atoms with Gasteiger partial charge in [0, 0.05) is 6.07 Å². The summed E-state index contributed by atoms with van der Waals surface area (Å²) in [4.78, 5) is 20.3. The van der Waals surface area contributed by atoms with E-state index in [1.54, 1.807) is 12.1 Å². The second-order valence-electron chi connectivity index (χ2n) is 4.25. The Morgan fingerprint density at radius 3 is 2.48 bits per heavy atom. The number of benzene rings is 1. The Morgan fingerprint density at radius 1 is 1.26 bits per heavy atom. The van der Waals surface area contributed by atoms with Crippen LogP contribution in [0.4, 0.5) is 17.2 Å². The molecule has 11 nitrogen and oxygen atoms in total. The number of hydrogen-bond acceptors (Lipinski definition) is 8. The van der Waals surface area contributed by atoms with Crippen LogP contribution in [-0.4, -0.2) is 19.6 Å². The van der Waals surface area contributed by atoms with Gasteiger partial charge in [-0.15, -0.1) is 0 Å². The number of hydrogen-bond donors (Lipinski definition) is 1. The average Bonchev–Trinajstić information content (AvgIpc) is 2.82. The van der Waals surface area contributed by atoms with Crippen LogP contribution in [0.2, 0.25) is 0 Å². The molecule has 2 aromatic rings. The molecule has 2 rings (SSSR count). The van der Waals surface area contributed by atoms with Crippen molar-refractivity contribution >= 4 is 17.2 Å². The highest BCUT2D eigenvalue weighted by Gasteiger charge is 2.25. The van der Waals surface area contributed by atoms with Gasteiger partial charge < -0.3 is 5.73 Å². The van der Waals surface area contributed by atoms with Crippen LogP contribution < -0.4 is 5.73 Å². The van der Waals surface area contributed by atoms with E-state index in [2.05, 4.69) is 5.10 Å². The fraction of sp³-hybridized carbons (Fsp3) is 0.0833. The van der Waals surface area contributed by atoms with Crippen molar-refractivity contribution in [1.82, 2.24) is 9.78 Å². The average molecular weight is 313 g/mol. The van der Waals surface area contributed by atoms with E-state index in [4.69, 9.17) is 16.3 Å². The number of nitrogens with two attached hydrogens (primary N) is 1. The third kappa shape index (κ3) is 2.62. The third-order valence-corrected chi connectivity index (χ3v) is 2.95. The summed E-state index contributed by atoms with van der Waals surface area (Å²) in [5.41, 5.74) is 4.55. The molecule has 0 saturated carbocycles. The Hall–Kier alpha value is -3.99. The van der Waals surface area contributed by atoms with E-state index < -0.39 is 21.2 Å². The summed E-state index contributed by atoms with van der Waals surface area (Å²) in [6.07, 6.45) is -0.207. The van der Waals surface area contributed by atoms with Crippen LogP contribution in [-0.2, 0) is 6.42 Å². The highest BCUT2D eigenvalue weighted by molar-refractivity contribution is 5.63. The van der Waals surface area contributed by atoms with Gasteiger partial charge in [0.05, 0.1) is 34.1 Å². The van der Waals surface area contributed by atoms with Crippen LogP contribution >= 0.6 is 0 Å². The van der Waals surface area contributed by atoms with Crippen LogP contribution in [0.25, 0.3) is 5.69 Å². The van der Waals surface area contributed by atoms with E-state index in [0.717, 1.165) is 22.9 Å². The lowest BCUT2D eigenvalue weighted by Gasteiger charge is -2.04. The second kappa shape index (κ2) is 5.79. The molecule has 0 fully saturated rings. The Morgan fingerprint density at radius 2 is 1.96 bits per heavy atom. The maximum absolute atomic E-state index is 11.2. The number of nitrogens with zero attached hydrogens (tertiary/aromatic N) is 6. The summed E-state index contributed by atoms with van der Waals surface area (Å²) in [6, 6.07) is 6.52. The first-order chi connectivity index (χ1) is 10.9. The van der Waals surface area contributed by atoms with Crippen molar-refractivity contribution in [2.45, 2.75) is 6.42 Å². The van der Waals surface area contributed by atoms with E-state index >= 15 is 0 Å². The maximum atomic E-state index is 11.2. The fourth-order valence-electron chi connectivity index (χ4n) is 1.93. The van der Waals surface area contributed by atoms with Gasteiger partial charge in [-0.05, 0) is 6.07 Å². The topological polar surface area (TPSA) is 178 Å². The molecule has 1 aromatic carbocycles. The zero-order valence-electron chi connectivity index (χ0n) is 11.3. The fourth-order valence-corrected chi connectivity index (χ4v) is 1.93.